The van der Waals surface area contributed by atoms with Crippen molar-refractivity contribution in [2.75, 3.05) is 6.61 Å². The van der Waals surface area contributed by atoms with Gasteiger partial charge in [0.15, 0.2) is 0 Å². The van der Waals surface area contributed by atoms with Gasteiger partial charge in [-0.1, -0.05) is 0 Å². The number of benzene rings is 1. The van der Waals surface area contributed by atoms with Crippen LogP contribution in [0.15, 0.2) is 6.07 Å². The van der Waals surface area contributed by atoms with Crippen LogP contribution in [0.5, 0.6) is 5.75 Å². The third-order valence-corrected chi connectivity index (χ3v) is 3.08. The zero-order valence-corrected chi connectivity index (χ0v) is 10.9. The van der Waals surface area contributed by atoms with Gasteiger partial charge in [0.25, 0.3) is 0 Å². The number of phenolic OH excluding ortho intramolecular Hbond substituents is 1. The summed E-state index contributed by atoms with van der Waals surface area (Å²) in [4.78, 5) is 12.0. The zero-order valence-electron chi connectivity index (χ0n) is 10.9. The minimum absolute atomic E-state index is 0.0256. The summed E-state index contributed by atoms with van der Waals surface area (Å²) in [5.74, 6) is -0.489. The molecule has 0 spiro atoms. The summed E-state index contributed by atoms with van der Waals surface area (Å²) in [7, 11) is 0. The number of fused-ring (bicyclic) bond motifs is 1. The molecule has 1 aromatic rings. The van der Waals surface area contributed by atoms with Crippen LogP contribution in [-0.4, -0.2) is 23.8 Å². The number of carbonyl (C=O) groups excluding carboxylic acids is 1. The molecule has 0 unspecified atom stereocenters. The van der Waals surface area contributed by atoms with Gasteiger partial charge in [0.05, 0.1) is 19.3 Å². The second-order valence-corrected chi connectivity index (χ2v) is 4.79. The fraction of sp³-hybridized carbons (Fsp3) is 0.500. The monoisotopic (exact) mass is 250 g/mol. The Bertz CT molecular complexity index is 477. The van der Waals surface area contributed by atoms with Crippen molar-refractivity contribution in [3.05, 3.63) is 28.3 Å². The number of hydrogen-bond donors (Lipinski definition) is 1. The van der Waals surface area contributed by atoms with Crippen molar-refractivity contribution in [1.29, 1.82) is 0 Å². The van der Waals surface area contributed by atoms with E-state index in [1.807, 2.05) is 6.92 Å². The van der Waals surface area contributed by atoms with Gasteiger partial charge in [0.1, 0.15) is 11.3 Å². The Hall–Kier alpha value is -1.55. The maximum Gasteiger partial charge on any atom is 0.342 e. The van der Waals surface area contributed by atoms with Gasteiger partial charge in [-0.2, -0.15) is 0 Å². The maximum atomic E-state index is 12.0. The lowest BCUT2D eigenvalue weighted by atomic mass is 9.93. The molecular formula is C14H18O4. The minimum atomic E-state index is -0.464. The molecule has 98 valence electrons. The summed E-state index contributed by atoms with van der Waals surface area (Å²) >= 11 is 0. The number of esters is 1. The molecule has 1 aliphatic rings. The van der Waals surface area contributed by atoms with E-state index in [0.717, 1.165) is 23.1 Å². The maximum absolute atomic E-state index is 12.0. The second-order valence-electron chi connectivity index (χ2n) is 4.79. The molecule has 1 N–H and O–H groups in total. The second kappa shape index (κ2) is 4.98. The summed E-state index contributed by atoms with van der Waals surface area (Å²) in [6, 6.07) is 1.61. The number of aromatic hydroxyl groups is 1. The summed E-state index contributed by atoms with van der Waals surface area (Å²) in [5.41, 5.74) is 3.13. The topological polar surface area (TPSA) is 55.8 Å². The molecule has 0 saturated heterocycles. The standard InChI is InChI=1S/C14H18O4/c1-8(2)18-14(16)13-9(3)11-4-5-17-7-10(11)6-12(13)15/h6,8,15H,4-5,7H2,1-3H3. The molecule has 0 amide bonds. The van der Waals surface area contributed by atoms with Crippen LogP contribution in [0, 0.1) is 6.92 Å². The summed E-state index contributed by atoms with van der Waals surface area (Å²) in [5, 5.41) is 9.97. The molecule has 0 atom stereocenters. The lowest BCUT2D eigenvalue weighted by Gasteiger charge is -2.21. The first-order valence-corrected chi connectivity index (χ1v) is 6.13. The van der Waals surface area contributed by atoms with Crippen LogP contribution in [-0.2, 0) is 22.5 Å². The van der Waals surface area contributed by atoms with E-state index in [9.17, 15) is 9.90 Å². The molecule has 2 rings (SSSR count). The smallest absolute Gasteiger partial charge is 0.342 e. The van der Waals surface area contributed by atoms with Crippen LogP contribution in [0.25, 0.3) is 0 Å². The van der Waals surface area contributed by atoms with E-state index in [4.69, 9.17) is 9.47 Å². The number of phenols is 1. The number of hydrogen-bond acceptors (Lipinski definition) is 4. The number of carbonyl (C=O) groups is 1. The van der Waals surface area contributed by atoms with Crippen LogP contribution < -0.4 is 0 Å². The first-order chi connectivity index (χ1) is 8.50. The molecule has 0 radical (unpaired) electrons. The molecule has 1 aromatic carbocycles. The van der Waals surface area contributed by atoms with Crippen molar-refractivity contribution >= 4 is 5.97 Å². The summed E-state index contributed by atoms with van der Waals surface area (Å²) < 4.78 is 10.5. The first-order valence-electron chi connectivity index (χ1n) is 6.13. The van der Waals surface area contributed by atoms with Gasteiger partial charge in [-0.25, -0.2) is 4.79 Å². The van der Waals surface area contributed by atoms with E-state index in [1.165, 1.54) is 0 Å². The fourth-order valence-corrected chi connectivity index (χ4v) is 2.27. The van der Waals surface area contributed by atoms with Crippen molar-refractivity contribution in [1.82, 2.24) is 0 Å². The van der Waals surface area contributed by atoms with Crippen molar-refractivity contribution in [3.8, 4) is 5.75 Å². The van der Waals surface area contributed by atoms with Gasteiger partial charge in [-0.05, 0) is 49.9 Å². The van der Waals surface area contributed by atoms with E-state index in [2.05, 4.69) is 0 Å². The van der Waals surface area contributed by atoms with Gasteiger partial charge in [-0.15, -0.1) is 0 Å². The lowest BCUT2D eigenvalue weighted by Crippen LogP contribution is -2.17. The highest BCUT2D eigenvalue weighted by Crippen LogP contribution is 2.31. The molecule has 0 fully saturated rings. The number of rotatable bonds is 2. The molecule has 4 heteroatoms. The normalized spacial score (nSPS) is 14.4. The Morgan fingerprint density at radius 1 is 1.50 bits per heavy atom. The lowest BCUT2D eigenvalue weighted by molar-refractivity contribution is 0.0373. The summed E-state index contributed by atoms with van der Waals surface area (Å²) in [6.45, 7) is 6.56. The Morgan fingerprint density at radius 2 is 2.22 bits per heavy atom. The van der Waals surface area contributed by atoms with E-state index in [0.29, 0.717) is 13.2 Å². The molecular weight excluding hydrogens is 232 g/mol. The van der Waals surface area contributed by atoms with Gasteiger partial charge in [-0.3, -0.25) is 0 Å². The molecule has 0 aliphatic carbocycles. The molecule has 1 heterocycles. The summed E-state index contributed by atoms with van der Waals surface area (Å²) in [6.07, 6.45) is 0.569. The third-order valence-electron chi connectivity index (χ3n) is 3.08. The zero-order chi connectivity index (χ0) is 13.3. The van der Waals surface area contributed by atoms with Crippen LogP contribution in [0.2, 0.25) is 0 Å². The van der Waals surface area contributed by atoms with Gasteiger partial charge >= 0.3 is 5.97 Å². The number of ether oxygens (including phenoxy) is 2. The van der Waals surface area contributed by atoms with Crippen molar-refractivity contribution in [2.45, 2.75) is 39.9 Å². The Kier molecular flexibility index (Phi) is 3.57. The Morgan fingerprint density at radius 3 is 2.89 bits per heavy atom. The molecule has 0 saturated carbocycles. The molecule has 18 heavy (non-hydrogen) atoms. The molecule has 0 aromatic heterocycles. The van der Waals surface area contributed by atoms with Gasteiger partial charge in [0.2, 0.25) is 0 Å². The van der Waals surface area contributed by atoms with E-state index in [-0.39, 0.29) is 17.4 Å². The molecule has 0 bridgehead atoms. The van der Waals surface area contributed by atoms with Crippen molar-refractivity contribution in [2.24, 2.45) is 0 Å². The SMILES string of the molecule is Cc1c2c(cc(O)c1C(=O)OC(C)C)COCC2. The van der Waals surface area contributed by atoms with Gasteiger partial charge < -0.3 is 14.6 Å². The predicted octanol–water partition coefficient (Wildman–Crippen LogP) is 2.34. The largest absolute Gasteiger partial charge is 0.507 e. The molecule has 4 nitrogen and oxygen atoms in total. The highest BCUT2D eigenvalue weighted by Gasteiger charge is 2.23. The highest BCUT2D eigenvalue weighted by atomic mass is 16.5. The van der Waals surface area contributed by atoms with E-state index >= 15 is 0 Å². The highest BCUT2D eigenvalue weighted by molar-refractivity contribution is 5.94. The minimum Gasteiger partial charge on any atom is -0.507 e. The van der Waals surface area contributed by atoms with E-state index in [1.54, 1.807) is 19.9 Å². The fourth-order valence-electron chi connectivity index (χ4n) is 2.27. The third kappa shape index (κ3) is 2.34. The van der Waals surface area contributed by atoms with Crippen LogP contribution >= 0.6 is 0 Å². The van der Waals surface area contributed by atoms with E-state index < -0.39 is 5.97 Å². The van der Waals surface area contributed by atoms with Crippen LogP contribution in [0.1, 0.15) is 40.9 Å². The Labute approximate surface area is 107 Å². The van der Waals surface area contributed by atoms with Crippen LogP contribution in [0.4, 0.5) is 0 Å². The van der Waals surface area contributed by atoms with Crippen LogP contribution in [0.3, 0.4) is 0 Å². The first kappa shape index (κ1) is 12.9. The average Bonchev–Trinajstić information content (AvgIpc) is 2.27. The Balaban J connectivity index is 2.44. The average molecular weight is 250 g/mol. The predicted molar refractivity (Wildman–Crippen MR) is 66.8 cm³/mol. The molecule has 1 aliphatic heterocycles. The van der Waals surface area contributed by atoms with Crippen molar-refractivity contribution < 1.29 is 19.4 Å². The quantitative estimate of drug-likeness (QED) is 0.818. The van der Waals surface area contributed by atoms with Crippen molar-refractivity contribution in [3.63, 3.8) is 0 Å². The van der Waals surface area contributed by atoms with Gasteiger partial charge in [0, 0.05) is 0 Å².